The Bertz CT molecular complexity index is 79.7. The van der Waals surface area contributed by atoms with Crippen LogP contribution in [0.15, 0.2) is 0 Å². The third-order valence-electron chi connectivity index (χ3n) is 2.08. The van der Waals surface area contributed by atoms with Gasteiger partial charge in [0.05, 0.1) is 0 Å². The molecule has 2 N–H and O–H groups in total. The Morgan fingerprint density at radius 2 is 1.90 bits per heavy atom. The van der Waals surface area contributed by atoms with Gasteiger partial charge in [0, 0.05) is 6.04 Å². The van der Waals surface area contributed by atoms with Gasteiger partial charge in [-0.2, -0.15) is 0 Å². The van der Waals surface area contributed by atoms with Crippen molar-refractivity contribution in [3.8, 4) is 0 Å². The van der Waals surface area contributed by atoms with Gasteiger partial charge in [0.1, 0.15) is 0 Å². The van der Waals surface area contributed by atoms with Crippen LogP contribution in [-0.2, 0) is 0 Å². The van der Waals surface area contributed by atoms with E-state index in [9.17, 15) is 0 Å². The first-order valence-corrected chi connectivity index (χ1v) is 3.81. The molecule has 1 fully saturated rings. The first-order valence-electron chi connectivity index (χ1n) is 3.81. The lowest BCUT2D eigenvalue weighted by Crippen LogP contribution is -2.39. The highest BCUT2D eigenvalue weighted by atomic mass is 35.5. The molecular formula is C7H17ClN2. The molecule has 10 heavy (non-hydrogen) atoms. The number of rotatable bonds is 1. The minimum atomic E-state index is 0. The van der Waals surface area contributed by atoms with Crippen molar-refractivity contribution in [1.82, 2.24) is 4.90 Å². The molecule has 3 heteroatoms. The molecule has 0 atom stereocenters. The van der Waals surface area contributed by atoms with Gasteiger partial charge in [0.15, 0.2) is 0 Å². The molecule has 1 rings (SSSR count). The molecule has 0 aromatic heterocycles. The Morgan fingerprint density at radius 3 is 2.30 bits per heavy atom. The summed E-state index contributed by atoms with van der Waals surface area (Å²) in [5.74, 6) is 0. The number of likely N-dealkylation sites (tertiary alicyclic amines) is 1. The quantitative estimate of drug-likeness (QED) is 0.623. The average molecular weight is 165 g/mol. The van der Waals surface area contributed by atoms with Crippen molar-refractivity contribution in [3.05, 3.63) is 0 Å². The fourth-order valence-electron chi connectivity index (χ4n) is 1.27. The van der Waals surface area contributed by atoms with E-state index in [0.29, 0.717) is 6.04 Å². The van der Waals surface area contributed by atoms with E-state index >= 15 is 0 Å². The summed E-state index contributed by atoms with van der Waals surface area (Å²) in [5.41, 5.74) is 5.72. The lowest BCUT2D eigenvalue weighted by molar-refractivity contribution is 0.223. The van der Waals surface area contributed by atoms with Crippen LogP contribution in [0.3, 0.4) is 0 Å². The number of hydrogen-bond acceptors (Lipinski definition) is 2. The summed E-state index contributed by atoms with van der Waals surface area (Å²) >= 11 is 0. The van der Waals surface area contributed by atoms with Gasteiger partial charge >= 0.3 is 0 Å². The molecule has 0 aromatic carbocycles. The van der Waals surface area contributed by atoms with E-state index in [4.69, 9.17) is 5.73 Å². The zero-order valence-corrected chi connectivity index (χ0v) is 7.36. The van der Waals surface area contributed by atoms with Crippen LogP contribution in [0.25, 0.3) is 0 Å². The lowest BCUT2D eigenvalue weighted by atomic mass is 10.1. The van der Waals surface area contributed by atoms with E-state index in [-0.39, 0.29) is 12.4 Å². The molecule has 0 saturated carbocycles. The molecule has 62 valence electrons. The van der Waals surface area contributed by atoms with Crippen LogP contribution in [0.2, 0.25) is 0 Å². The standard InChI is InChI=1S/C7H16N2.ClH/c1-2-9-5-3-7(8)4-6-9;/h7H,2-6,8H2,1H3;1H. The predicted molar refractivity (Wildman–Crippen MR) is 46.6 cm³/mol. The molecule has 0 aliphatic carbocycles. The zero-order valence-electron chi connectivity index (χ0n) is 6.55. The second-order valence-electron chi connectivity index (χ2n) is 2.77. The number of nitrogens with zero attached hydrogens (tertiary/aromatic N) is 1. The highest BCUT2D eigenvalue weighted by Gasteiger charge is 2.13. The van der Waals surface area contributed by atoms with Crippen molar-refractivity contribution < 1.29 is 0 Å². The smallest absolute Gasteiger partial charge is 0.00631 e. The van der Waals surface area contributed by atoms with Crippen LogP contribution >= 0.6 is 12.4 Å². The summed E-state index contributed by atoms with van der Waals surface area (Å²) in [6, 6.07) is 0.479. The maximum Gasteiger partial charge on any atom is 0.00631 e. The fraction of sp³-hybridized carbons (Fsp3) is 1.00. The number of hydrogen-bond donors (Lipinski definition) is 1. The summed E-state index contributed by atoms with van der Waals surface area (Å²) in [4.78, 5) is 2.45. The second kappa shape index (κ2) is 4.94. The maximum absolute atomic E-state index is 5.72. The van der Waals surface area contributed by atoms with Gasteiger partial charge in [0.2, 0.25) is 0 Å². The third kappa shape index (κ3) is 2.86. The Balaban J connectivity index is 0.000000810. The Kier molecular flexibility index (Phi) is 5.04. The summed E-state index contributed by atoms with van der Waals surface area (Å²) in [7, 11) is 0. The largest absolute Gasteiger partial charge is 0.328 e. The highest BCUT2D eigenvalue weighted by molar-refractivity contribution is 5.85. The first kappa shape index (κ1) is 10.2. The van der Waals surface area contributed by atoms with Crippen LogP contribution in [-0.4, -0.2) is 30.6 Å². The van der Waals surface area contributed by atoms with E-state index in [1.807, 2.05) is 0 Å². The molecular weight excluding hydrogens is 148 g/mol. The molecule has 0 spiro atoms. The van der Waals surface area contributed by atoms with Crippen LogP contribution in [0.1, 0.15) is 19.8 Å². The third-order valence-corrected chi connectivity index (χ3v) is 2.08. The van der Waals surface area contributed by atoms with E-state index < -0.39 is 0 Å². The molecule has 0 bridgehead atoms. The van der Waals surface area contributed by atoms with Crippen LogP contribution in [0, 0.1) is 0 Å². The van der Waals surface area contributed by atoms with E-state index in [2.05, 4.69) is 11.8 Å². The van der Waals surface area contributed by atoms with Crippen molar-refractivity contribution in [1.29, 1.82) is 0 Å². The summed E-state index contributed by atoms with van der Waals surface area (Å²) < 4.78 is 0. The first-order chi connectivity index (χ1) is 4.33. The SMILES string of the molecule is CCN1CCC(N)CC1.Cl. The molecule has 1 saturated heterocycles. The monoisotopic (exact) mass is 164 g/mol. The Hall–Kier alpha value is 0.210. The van der Waals surface area contributed by atoms with Gasteiger partial charge in [-0.15, -0.1) is 12.4 Å². The van der Waals surface area contributed by atoms with E-state index in [1.165, 1.54) is 32.5 Å². The van der Waals surface area contributed by atoms with Crippen molar-refractivity contribution in [2.75, 3.05) is 19.6 Å². The van der Waals surface area contributed by atoms with Crippen molar-refractivity contribution >= 4 is 12.4 Å². The summed E-state index contributed by atoms with van der Waals surface area (Å²) in [6.45, 7) is 5.80. The van der Waals surface area contributed by atoms with Gasteiger partial charge in [-0.25, -0.2) is 0 Å². The average Bonchev–Trinajstić information content (AvgIpc) is 1.90. The van der Waals surface area contributed by atoms with Crippen LogP contribution < -0.4 is 5.73 Å². The van der Waals surface area contributed by atoms with Crippen LogP contribution in [0.4, 0.5) is 0 Å². The van der Waals surface area contributed by atoms with Crippen molar-refractivity contribution in [2.24, 2.45) is 5.73 Å². The minimum Gasteiger partial charge on any atom is -0.328 e. The lowest BCUT2D eigenvalue weighted by Gasteiger charge is -2.28. The maximum atomic E-state index is 5.72. The van der Waals surface area contributed by atoms with Crippen LogP contribution in [0.5, 0.6) is 0 Å². The summed E-state index contributed by atoms with van der Waals surface area (Å²) in [6.07, 6.45) is 2.38. The minimum absolute atomic E-state index is 0. The molecule has 0 radical (unpaired) electrons. The van der Waals surface area contributed by atoms with Gasteiger partial charge in [0.25, 0.3) is 0 Å². The summed E-state index contributed by atoms with van der Waals surface area (Å²) in [5, 5.41) is 0. The highest BCUT2D eigenvalue weighted by Crippen LogP contribution is 2.06. The van der Waals surface area contributed by atoms with Gasteiger partial charge in [-0.05, 0) is 32.5 Å². The van der Waals surface area contributed by atoms with E-state index in [1.54, 1.807) is 0 Å². The number of nitrogens with two attached hydrogens (primary N) is 1. The second-order valence-corrected chi connectivity index (χ2v) is 2.77. The van der Waals surface area contributed by atoms with Gasteiger partial charge < -0.3 is 10.6 Å². The molecule has 1 aliphatic heterocycles. The molecule has 0 unspecified atom stereocenters. The normalized spacial score (nSPS) is 22.2. The fourth-order valence-corrected chi connectivity index (χ4v) is 1.27. The van der Waals surface area contributed by atoms with Gasteiger partial charge in [-0.1, -0.05) is 6.92 Å². The Labute approximate surface area is 69.2 Å². The number of halogens is 1. The predicted octanol–water partition coefficient (Wildman–Crippen LogP) is 0.851. The molecule has 2 nitrogen and oxygen atoms in total. The topological polar surface area (TPSA) is 29.3 Å². The zero-order chi connectivity index (χ0) is 6.69. The molecule has 0 amide bonds. The molecule has 1 aliphatic rings. The molecule has 0 aromatic rings. The Morgan fingerprint density at radius 1 is 1.40 bits per heavy atom. The van der Waals surface area contributed by atoms with E-state index in [0.717, 1.165) is 0 Å². The van der Waals surface area contributed by atoms with Crippen molar-refractivity contribution in [3.63, 3.8) is 0 Å². The number of piperidine rings is 1. The van der Waals surface area contributed by atoms with Gasteiger partial charge in [-0.3, -0.25) is 0 Å². The molecule has 1 heterocycles. The van der Waals surface area contributed by atoms with Crippen molar-refractivity contribution in [2.45, 2.75) is 25.8 Å².